The molecular weight excluding hydrogens is 382 g/mol. The minimum atomic E-state index is -3.73. The molecule has 0 aromatic heterocycles. The fourth-order valence-corrected chi connectivity index (χ4v) is 3.38. The maximum atomic E-state index is 12.1. The summed E-state index contributed by atoms with van der Waals surface area (Å²) in [4.78, 5) is 24.0. The van der Waals surface area contributed by atoms with Gasteiger partial charge in [0.1, 0.15) is 6.07 Å². The number of carbonyl (C=O) groups excluding carboxylic acids is 2. The quantitative estimate of drug-likeness (QED) is 0.652. The Morgan fingerprint density at radius 1 is 1.14 bits per heavy atom. The number of ether oxygens (including phenoxy) is 1. The van der Waals surface area contributed by atoms with Crippen molar-refractivity contribution in [3.63, 3.8) is 0 Å². The summed E-state index contributed by atoms with van der Waals surface area (Å²) in [7, 11) is -3.73. The lowest BCUT2D eigenvalue weighted by Gasteiger charge is -2.09. The molecule has 0 saturated heterocycles. The summed E-state index contributed by atoms with van der Waals surface area (Å²) in [6.45, 7) is 1.53. The van der Waals surface area contributed by atoms with Crippen molar-refractivity contribution in [2.75, 3.05) is 18.5 Å². The van der Waals surface area contributed by atoms with Gasteiger partial charge in [-0.15, -0.1) is 0 Å². The first-order valence-corrected chi connectivity index (χ1v) is 9.91. The molecule has 0 unspecified atom stereocenters. The molecule has 0 atom stereocenters. The average molecular weight is 401 g/mol. The third-order valence-electron chi connectivity index (χ3n) is 3.58. The van der Waals surface area contributed by atoms with E-state index in [0.29, 0.717) is 12.1 Å². The van der Waals surface area contributed by atoms with Crippen LogP contribution in [0.25, 0.3) is 0 Å². The van der Waals surface area contributed by atoms with Gasteiger partial charge in [-0.2, -0.15) is 5.26 Å². The van der Waals surface area contributed by atoms with Crippen molar-refractivity contribution in [2.45, 2.75) is 18.2 Å². The van der Waals surface area contributed by atoms with E-state index in [-0.39, 0.29) is 22.6 Å². The van der Waals surface area contributed by atoms with Crippen LogP contribution >= 0.6 is 0 Å². The summed E-state index contributed by atoms with van der Waals surface area (Å²) in [5, 5.41) is 11.5. The summed E-state index contributed by atoms with van der Waals surface area (Å²) in [6.07, 6.45) is 0.630. The smallest absolute Gasteiger partial charge is 0.338 e. The van der Waals surface area contributed by atoms with Gasteiger partial charge in [0.2, 0.25) is 10.0 Å². The van der Waals surface area contributed by atoms with Gasteiger partial charge in [0.05, 0.1) is 21.7 Å². The zero-order valence-corrected chi connectivity index (χ0v) is 16.0. The number of nitriles is 1. The molecule has 0 heterocycles. The van der Waals surface area contributed by atoms with Gasteiger partial charge in [-0.25, -0.2) is 17.9 Å². The Kier molecular flexibility index (Phi) is 7.26. The van der Waals surface area contributed by atoms with Crippen molar-refractivity contribution in [1.29, 1.82) is 5.26 Å². The molecule has 146 valence electrons. The Hall–Kier alpha value is -3.22. The van der Waals surface area contributed by atoms with Crippen LogP contribution in [0.1, 0.15) is 29.3 Å². The first kappa shape index (κ1) is 21.1. The zero-order valence-electron chi connectivity index (χ0n) is 15.1. The van der Waals surface area contributed by atoms with Crippen molar-refractivity contribution in [1.82, 2.24) is 4.72 Å². The fourth-order valence-electron chi connectivity index (χ4n) is 2.20. The van der Waals surface area contributed by atoms with Crippen LogP contribution in [-0.2, 0) is 19.6 Å². The van der Waals surface area contributed by atoms with Crippen molar-refractivity contribution in [2.24, 2.45) is 0 Å². The average Bonchev–Trinajstić information content (AvgIpc) is 2.71. The van der Waals surface area contributed by atoms with Crippen LogP contribution in [0.15, 0.2) is 53.4 Å². The molecule has 9 heteroatoms. The van der Waals surface area contributed by atoms with Crippen LogP contribution < -0.4 is 10.0 Å². The lowest BCUT2D eigenvalue weighted by molar-refractivity contribution is -0.119. The molecule has 0 bridgehead atoms. The predicted octanol–water partition coefficient (Wildman–Crippen LogP) is 2.04. The molecule has 28 heavy (non-hydrogen) atoms. The molecular formula is C19H19N3O5S. The number of sulfonamides is 1. The number of anilines is 1. The van der Waals surface area contributed by atoms with E-state index in [0.717, 1.165) is 0 Å². The Morgan fingerprint density at radius 3 is 2.61 bits per heavy atom. The van der Waals surface area contributed by atoms with Crippen LogP contribution in [-0.4, -0.2) is 33.4 Å². The van der Waals surface area contributed by atoms with Gasteiger partial charge in [-0.3, -0.25) is 4.79 Å². The second-order valence-electron chi connectivity index (χ2n) is 5.71. The molecule has 1 amide bonds. The monoisotopic (exact) mass is 401 g/mol. The molecule has 2 aromatic carbocycles. The largest absolute Gasteiger partial charge is 0.452 e. The fraction of sp³-hybridized carbons (Fsp3) is 0.211. The van der Waals surface area contributed by atoms with E-state index in [1.165, 1.54) is 24.3 Å². The third kappa shape index (κ3) is 5.64. The van der Waals surface area contributed by atoms with Gasteiger partial charge in [-0.1, -0.05) is 25.1 Å². The number of benzene rings is 2. The number of amides is 1. The molecule has 0 radical (unpaired) electrons. The molecule has 0 aliphatic rings. The molecule has 0 aliphatic heterocycles. The molecule has 0 fully saturated rings. The molecule has 2 N–H and O–H groups in total. The van der Waals surface area contributed by atoms with Crippen molar-refractivity contribution in [3.05, 3.63) is 59.7 Å². The van der Waals surface area contributed by atoms with Gasteiger partial charge in [0.25, 0.3) is 5.91 Å². The number of para-hydroxylation sites is 1. The highest BCUT2D eigenvalue weighted by Gasteiger charge is 2.17. The molecule has 0 spiro atoms. The highest BCUT2D eigenvalue weighted by Crippen LogP contribution is 2.14. The highest BCUT2D eigenvalue weighted by molar-refractivity contribution is 7.89. The van der Waals surface area contributed by atoms with Crippen LogP contribution in [0, 0.1) is 11.3 Å². The molecule has 2 rings (SSSR count). The number of nitrogens with one attached hydrogen (secondary N) is 2. The van der Waals surface area contributed by atoms with Crippen molar-refractivity contribution in [3.8, 4) is 6.07 Å². The van der Waals surface area contributed by atoms with Crippen LogP contribution in [0.4, 0.5) is 5.69 Å². The Morgan fingerprint density at radius 2 is 1.89 bits per heavy atom. The van der Waals surface area contributed by atoms with Gasteiger partial charge >= 0.3 is 5.97 Å². The summed E-state index contributed by atoms with van der Waals surface area (Å²) < 4.78 is 31.6. The predicted molar refractivity (Wildman–Crippen MR) is 102 cm³/mol. The summed E-state index contributed by atoms with van der Waals surface area (Å²) in [5.74, 6) is -1.46. The zero-order chi connectivity index (χ0) is 20.6. The third-order valence-corrected chi connectivity index (χ3v) is 5.04. The minimum Gasteiger partial charge on any atom is -0.452 e. The summed E-state index contributed by atoms with van der Waals surface area (Å²) >= 11 is 0. The number of hydrogen-bond acceptors (Lipinski definition) is 6. The minimum absolute atomic E-state index is 0.00426. The number of hydrogen-bond donors (Lipinski definition) is 2. The van der Waals surface area contributed by atoms with Crippen LogP contribution in [0.3, 0.4) is 0 Å². The topological polar surface area (TPSA) is 125 Å². The van der Waals surface area contributed by atoms with Gasteiger partial charge in [0.15, 0.2) is 6.61 Å². The van der Waals surface area contributed by atoms with E-state index in [1.54, 1.807) is 24.3 Å². The van der Waals surface area contributed by atoms with E-state index in [1.807, 2.05) is 13.0 Å². The van der Waals surface area contributed by atoms with Gasteiger partial charge in [-0.05, 0) is 36.8 Å². The molecule has 8 nitrogen and oxygen atoms in total. The number of esters is 1. The Bertz CT molecular complexity index is 1010. The Balaban J connectivity index is 2.01. The standard InChI is InChI=1S/C19H19N3O5S/c1-2-10-21-28(25,26)16-8-5-7-14(11-16)19(24)27-13-18(23)22-17-9-4-3-6-15(17)12-20/h3-9,11,21H,2,10,13H2,1H3,(H,22,23). The normalized spacial score (nSPS) is 10.7. The van der Waals surface area contributed by atoms with Crippen LogP contribution in [0.2, 0.25) is 0 Å². The number of carbonyl (C=O) groups is 2. The van der Waals surface area contributed by atoms with E-state index >= 15 is 0 Å². The molecule has 0 aliphatic carbocycles. The summed E-state index contributed by atoms with van der Waals surface area (Å²) in [5.41, 5.74) is 0.588. The first-order chi connectivity index (χ1) is 13.4. The first-order valence-electron chi connectivity index (χ1n) is 8.43. The van der Waals surface area contributed by atoms with E-state index in [4.69, 9.17) is 10.00 Å². The maximum Gasteiger partial charge on any atom is 0.338 e. The second-order valence-corrected chi connectivity index (χ2v) is 7.47. The van der Waals surface area contributed by atoms with Crippen molar-refractivity contribution >= 4 is 27.6 Å². The highest BCUT2D eigenvalue weighted by atomic mass is 32.2. The number of rotatable bonds is 8. The van der Waals surface area contributed by atoms with E-state index < -0.39 is 28.5 Å². The Labute approximate surface area is 163 Å². The lowest BCUT2D eigenvalue weighted by Crippen LogP contribution is -2.25. The van der Waals surface area contributed by atoms with Crippen LogP contribution in [0.5, 0.6) is 0 Å². The van der Waals surface area contributed by atoms with Crippen molar-refractivity contribution < 1.29 is 22.7 Å². The van der Waals surface area contributed by atoms with E-state index in [2.05, 4.69) is 10.0 Å². The van der Waals surface area contributed by atoms with Gasteiger partial charge in [0, 0.05) is 6.54 Å². The van der Waals surface area contributed by atoms with Gasteiger partial charge < -0.3 is 10.1 Å². The molecule has 0 saturated carbocycles. The maximum absolute atomic E-state index is 12.1. The second kappa shape index (κ2) is 9.64. The molecule has 2 aromatic rings. The SMILES string of the molecule is CCCNS(=O)(=O)c1cccc(C(=O)OCC(=O)Nc2ccccc2C#N)c1. The summed E-state index contributed by atoms with van der Waals surface area (Å²) in [6, 6.07) is 13.7. The lowest BCUT2D eigenvalue weighted by atomic mass is 10.2. The number of nitrogens with zero attached hydrogens (tertiary/aromatic N) is 1. The van der Waals surface area contributed by atoms with E-state index in [9.17, 15) is 18.0 Å².